The zero-order chi connectivity index (χ0) is 19.2. The zero-order valence-electron chi connectivity index (χ0n) is 14.3. The highest BCUT2D eigenvalue weighted by atomic mass is 35.5. The van der Waals surface area contributed by atoms with Crippen LogP contribution in [0.25, 0.3) is 11.4 Å². The number of amides is 1. The van der Waals surface area contributed by atoms with Crippen molar-refractivity contribution in [2.24, 2.45) is 0 Å². The molecule has 6 nitrogen and oxygen atoms in total. The fraction of sp³-hybridized carbons (Fsp3) is 0.105. The van der Waals surface area contributed by atoms with Crippen LogP contribution in [-0.2, 0) is 11.3 Å². The van der Waals surface area contributed by atoms with Crippen LogP contribution in [0.5, 0.6) is 5.75 Å². The second-order valence-corrected chi connectivity index (χ2v) is 6.95. The summed E-state index contributed by atoms with van der Waals surface area (Å²) in [6.07, 6.45) is 1.71. The van der Waals surface area contributed by atoms with E-state index in [1.54, 1.807) is 48.5 Å². The van der Waals surface area contributed by atoms with Gasteiger partial charge in [-0.15, -0.1) is 16.8 Å². The van der Waals surface area contributed by atoms with Crippen LogP contribution in [0.3, 0.4) is 0 Å². The van der Waals surface area contributed by atoms with Crippen LogP contribution in [0.4, 0.5) is 5.69 Å². The number of anilines is 1. The van der Waals surface area contributed by atoms with Crippen LogP contribution in [0.1, 0.15) is 0 Å². The molecule has 0 unspecified atom stereocenters. The Labute approximate surface area is 165 Å². The van der Waals surface area contributed by atoms with Gasteiger partial charge in [0, 0.05) is 17.3 Å². The molecular formula is C19H17ClN4O2S. The van der Waals surface area contributed by atoms with E-state index in [-0.39, 0.29) is 17.4 Å². The Bertz CT molecular complexity index is 957. The van der Waals surface area contributed by atoms with Gasteiger partial charge in [-0.05, 0) is 36.4 Å². The summed E-state index contributed by atoms with van der Waals surface area (Å²) in [6.45, 7) is 4.21. The number of rotatable bonds is 7. The fourth-order valence-corrected chi connectivity index (χ4v) is 3.29. The van der Waals surface area contributed by atoms with Crippen molar-refractivity contribution in [3.8, 4) is 17.1 Å². The standard InChI is InChI=1S/C19H17ClN4O2S/c1-2-11-24-18(15-5-3-4-6-16(15)25)22-23-19(24)27-12-17(26)21-14-9-7-13(20)8-10-14/h2-10,25H,1,11-12H2,(H,21,26). The molecule has 0 atom stereocenters. The lowest BCUT2D eigenvalue weighted by Gasteiger charge is -2.09. The van der Waals surface area contributed by atoms with E-state index in [4.69, 9.17) is 11.6 Å². The molecule has 0 aliphatic rings. The summed E-state index contributed by atoms with van der Waals surface area (Å²) in [5, 5.41) is 22.4. The van der Waals surface area contributed by atoms with Gasteiger partial charge in [-0.2, -0.15) is 0 Å². The van der Waals surface area contributed by atoms with E-state index < -0.39 is 0 Å². The van der Waals surface area contributed by atoms with Gasteiger partial charge in [0.1, 0.15) is 5.75 Å². The van der Waals surface area contributed by atoms with E-state index in [1.165, 1.54) is 11.8 Å². The number of allylic oxidation sites excluding steroid dienone is 1. The summed E-state index contributed by atoms with van der Waals surface area (Å²) in [5.74, 6) is 0.638. The number of aromatic hydroxyl groups is 1. The molecule has 0 saturated carbocycles. The summed E-state index contributed by atoms with van der Waals surface area (Å²) in [5.41, 5.74) is 1.25. The van der Waals surface area contributed by atoms with Crippen molar-refractivity contribution < 1.29 is 9.90 Å². The number of hydrogen-bond acceptors (Lipinski definition) is 5. The lowest BCUT2D eigenvalue weighted by molar-refractivity contribution is -0.113. The van der Waals surface area contributed by atoms with Gasteiger partial charge in [-0.25, -0.2) is 0 Å². The molecule has 0 fully saturated rings. The zero-order valence-corrected chi connectivity index (χ0v) is 15.9. The molecule has 8 heteroatoms. The number of nitrogens with one attached hydrogen (secondary N) is 1. The number of carbonyl (C=O) groups excluding carboxylic acids is 1. The number of para-hydroxylation sites is 1. The van der Waals surface area contributed by atoms with Crippen molar-refractivity contribution in [1.82, 2.24) is 14.8 Å². The van der Waals surface area contributed by atoms with Gasteiger partial charge in [0.25, 0.3) is 0 Å². The molecular weight excluding hydrogens is 384 g/mol. The molecule has 3 aromatic rings. The van der Waals surface area contributed by atoms with E-state index in [1.807, 2.05) is 10.6 Å². The minimum atomic E-state index is -0.167. The molecule has 27 heavy (non-hydrogen) atoms. The van der Waals surface area contributed by atoms with Crippen LogP contribution in [0.15, 0.2) is 66.3 Å². The van der Waals surface area contributed by atoms with E-state index in [0.29, 0.717) is 33.8 Å². The quantitative estimate of drug-likeness (QED) is 0.458. The summed E-state index contributed by atoms with van der Waals surface area (Å²) in [6, 6.07) is 13.8. The van der Waals surface area contributed by atoms with Crippen molar-refractivity contribution in [1.29, 1.82) is 0 Å². The average molecular weight is 401 g/mol. The number of benzene rings is 2. The molecule has 3 rings (SSSR count). The van der Waals surface area contributed by atoms with Gasteiger partial charge in [-0.3, -0.25) is 9.36 Å². The highest BCUT2D eigenvalue weighted by Gasteiger charge is 2.17. The molecule has 2 N–H and O–H groups in total. The van der Waals surface area contributed by atoms with E-state index in [2.05, 4.69) is 22.1 Å². The van der Waals surface area contributed by atoms with Gasteiger partial charge in [-0.1, -0.05) is 41.6 Å². The lowest BCUT2D eigenvalue weighted by atomic mass is 10.2. The van der Waals surface area contributed by atoms with Gasteiger partial charge in [0.2, 0.25) is 5.91 Å². The van der Waals surface area contributed by atoms with Crippen molar-refractivity contribution in [3.63, 3.8) is 0 Å². The Kier molecular flexibility index (Phi) is 6.16. The molecule has 0 aliphatic carbocycles. The molecule has 138 valence electrons. The molecule has 0 radical (unpaired) electrons. The first-order chi connectivity index (χ1) is 13.1. The van der Waals surface area contributed by atoms with Crippen LogP contribution in [-0.4, -0.2) is 31.5 Å². The third kappa shape index (κ3) is 4.69. The van der Waals surface area contributed by atoms with E-state index in [0.717, 1.165) is 0 Å². The third-order valence-electron chi connectivity index (χ3n) is 3.63. The van der Waals surface area contributed by atoms with Crippen LogP contribution < -0.4 is 5.32 Å². The minimum Gasteiger partial charge on any atom is -0.507 e. The predicted octanol–water partition coefficient (Wildman–Crippen LogP) is 4.22. The highest BCUT2D eigenvalue weighted by Crippen LogP contribution is 2.30. The maximum Gasteiger partial charge on any atom is 0.234 e. The SMILES string of the molecule is C=CCn1c(SCC(=O)Nc2ccc(Cl)cc2)nnc1-c1ccccc1O. The maximum absolute atomic E-state index is 12.2. The topological polar surface area (TPSA) is 80.0 Å². The van der Waals surface area contributed by atoms with E-state index in [9.17, 15) is 9.90 Å². The van der Waals surface area contributed by atoms with Gasteiger partial charge < -0.3 is 10.4 Å². The Hall–Kier alpha value is -2.77. The molecule has 0 spiro atoms. The Morgan fingerprint density at radius 1 is 1.22 bits per heavy atom. The summed E-state index contributed by atoms with van der Waals surface area (Å²) in [7, 11) is 0. The van der Waals surface area contributed by atoms with Crippen molar-refractivity contribution in [2.75, 3.05) is 11.1 Å². The molecule has 1 amide bonds. The monoisotopic (exact) mass is 400 g/mol. The number of halogens is 1. The molecule has 0 saturated heterocycles. The van der Waals surface area contributed by atoms with Crippen LogP contribution in [0, 0.1) is 0 Å². The predicted molar refractivity (Wildman–Crippen MR) is 108 cm³/mol. The third-order valence-corrected chi connectivity index (χ3v) is 4.85. The fourth-order valence-electron chi connectivity index (χ4n) is 2.41. The molecule has 2 aromatic carbocycles. The van der Waals surface area contributed by atoms with Crippen molar-refractivity contribution in [2.45, 2.75) is 11.7 Å². The molecule has 1 aromatic heterocycles. The Morgan fingerprint density at radius 3 is 2.67 bits per heavy atom. The largest absolute Gasteiger partial charge is 0.507 e. The second-order valence-electron chi connectivity index (χ2n) is 5.57. The van der Waals surface area contributed by atoms with E-state index >= 15 is 0 Å². The first-order valence-corrected chi connectivity index (χ1v) is 9.45. The number of aromatic nitrogens is 3. The lowest BCUT2D eigenvalue weighted by Crippen LogP contribution is -2.14. The number of hydrogen-bond donors (Lipinski definition) is 2. The first kappa shape index (κ1) is 19.0. The number of thioether (sulfide) groups is 1. The smallest absolute Gasteiger partial charge is 0.234 e. The Morgan fingerprint density at radius 2 is 1.96 bits per heavy atom. The van der Waals surface area contributed by atoms with Crippen molar-refractivity contribution >= 4 is 35.0 Å². The Balaban J connectivity index is 1.73. The number of nitrogens with zero attached hydrogens (tertiary/aromatic N) is 3. The number of carbonyl (C=O) groups is 1. The highest BCUT2D eigenvalue weighted by molar-refractivity contribution is 7.99. The maximum atomic E-state index is 12.2. The van der Waals surface area contributed by atoms with Crippen molar-refractivity contribution in [3.05, 3.63) is 66.2 Å². The molecule has 0 bridgehead atoms. The number of phenols is 1. The van der Waals surface area contributed by atoms with Crippen LogP contribution >= 0.6 is 23.4 Å². The second kappa shape index (κ2) is 8.75. The van der Waals surface area contributed by atoms with Gasteiger partial charge in [0.15, 0.2) is 11.0 Å². The normalized spacial score (nSPS) is 10.6. The number of phenolic OH excluding ortho intramolecular Hbond substituents is 1. The summed E-state index contributed by atoms with van der Waals surface area (Å²) < 4.78 is 1.81. The van der Waals surface area contributed by atoms with Gasteiger partial charge in [0.05, 0.1) is 11.3 Å². The van der Waals surface area contributed by atoms with Gasteiger partial charge >= 0.3 is 0 Å². The summed E-state index contributed by atoms with van der Waals surface area (Å²) in [4.78, 5) is 12.2. The van der Waals surface area contributed by atoms with Crippen LogP contribution in [0.2, 0.25) is 5.02 Å². The molecule has 0 aliphatic heterocycles. The molecule has 1 heterocycles. The summed E-state index contributed by atoms with van der Waals surface area (Å²) >= 11 is 7.10. The average Bonchev–Trinajstić information content (AvgIpc) is 3.05. The minimum absolute atomic E-state index is 0.118. The first-order valence-electron chi connectivity index (χ1n) is 8.09.